The molecule has 2 bridgehead atoms. The van der Waals surface area contributed by atoms with E-state index in [1.165, 1.54) is 13.1 Å². The Hall–Kier alpha value is -2.96. The van der Waals surface area contributed by atoms with Gasteiger partial charge >= 0.3 is 5.97 Å². The van der Waals surface area contributed by atoms with Gasteiger partial charge in [-0.15, -0.1) is 0 Å². The molecule has 7 heteroatoms. The van der Waals surface area contributed by atoms with E-state index in [-0.39, 0.29) is 35.5 Å². The van der Waals surface area contributed by atoms with Crippen molar-refractivity contribution in [3.8, 4) is 5.75 Å². The molecular weight excluding hydrogens is 336 g/mol. The van der Waals surface area contributed by atoms with Crippen molar-refractivity contribution in [2.45, 2.75) is 19.4 Å². The maximum absolute atomic E-state index is 12.6. The molecule has 2 amide bonds. The molecule has 1 aliphatic heterocycles. The highest BCUT2D eigenvalue weighted by Crippen LogP contribution is 2.52. The highest BCUT2D eigenvalue weighted by Gasteiger charge is 2.59. The maximum Gasteiger partial charge on any atom is 0.344 e. The Bertz CT molecular complexity index is 816. The molecule has 26 heavy (non-hydrogen) atoms. The summed E-state index contributed by atoms with van der Waals surface area (Å²) in [4.78, 5) is 36.0. The molecule has 1 saturated heterocycles. The van der Waals surface area contributed by atoms with Gasteiger partial charge in [0, 0.05) is 0 Å². The second kappa shape index (κ2) is 6.09. The molecule has 1 heterocycles. The molecule has 3 aliphatic rings. The lowest BCUT2D eigenvalue weighted by molar-refractivity contribution is -0.144. The van der Waals surface area contributed by atoms with Crippen LogP contribution in [-0.4, -0.2) is 40.2 Å². The first-order valence-electron chi connectivity index (χ1n) is 8.55. The zero-order chi connectivity index (χ0) is 18.4. The number of carboxylic acid groups (broad SMARTS) is 1. The van der Waals surface area contributed by atoms with E-state index in [1.807, 2.05) is 12.2 Å². The molecule has 0 aromatic heterocycles. The van der Waals surface area contributed by atoms with Crippen molar-refractivity contribution in [1.29, 1.82) is 0 Å². The van der Waals surface area contributed by atoms with Gasteiger partial charge in [-0.25, -0.2) is 4.79 Å². The van der Waals surface area contributed by atoms with Crippen LogP contribution in [0.4, 0.5) is 0 Å². The monoisotopic (exact) mass is 354 g/mol. The minimum atomic E-state index is -1.06. The van der Waals surface area contributed by atoms with Crippen molar-refractivity contribution in [2.75, 3.05) is 0 Å². The predicted octanol–water partition coefficient (Wildman–Crippen LogP) is 1.68. The summed E-state index contributed by atoms with van der Waals surface area (Å²) in [5, 5.41) is 14.0. The molecule has 134 valence electrons. The lowest BCUT2D eigenvalue weighted by atomic mass is 9.85. The molecule has 1 saturated carbocycles. The van der Waals surface area contributed by atoms with E-state index in [2.05, 4.69) is 5.10 Å². The molecule has 7 nitrogen and oxygen atoms in total. The smallest absolute Gasteiger partial charge is 0.344 e. The average molecular weight is 354 g/mol. The number of aliphatic carboxylic acids is 1. The Morgan fingerprint density at radius 3 is 2.54 bits per heavy atom. The molecule has 1 N–H and O–H groups in total. The summed E-state index contributed by atoms with van der Waals surface area (Å²) in [6, 6.07) is 6.67. The van der Waals surface area contributed by atoms with Crippen LogP contribution in [0.5, 0.6) is 5.75 Å². The van der Waals surface area contributed by atoms with Crippen LogP contribution in [0.3, 0.4) is 0 Å². The second-order valence-electron chi connectivity index (χ2n) is 6.90. The normalized spacial score (nSPS) is 30.3. The van der Waals surface area contributed by atoms with Crippen LogP contribution in [0.15, 0.2) is 41.5 Å². The number of nitrogens with zero attached hydrogens (tertiary/aromatic N) is 2. The quantitative estimate of drug-likeness (QED) is 0.493. The number of carbonyl (C=O) groups excluding carboxylic acids is 2. The van der Waals surface area contributed by atoms with Gasteiger partial charge in [0.05, 0.1) is 18.1 Å². The molecule has 2 aliphatic carbocycles. The molecular formula is C19H18N2O5. The van der Waals surface area contributed by atoms with E-state index >= 15 is 0 Å². The molecule has 5 atom stereocenters. The highest BCUT2D eigenvalue weighted by atomic mass is 16.5. The summed E-state index contributed by atoms with van der Waals surface area (Å²) in [5.41, 5.74) is 0.610. The Labute approximate surface area is 149 Å². The third-order valence-electron chi connectivity index (χ3n) is 5.29. The van der Waals surface area contributed by atoms with Crippen molar-refractivity contribution in [3.63, 3.8) is 0 Å². The lowest BCUT2D eigenvalue weighted by Gasteiger charge is -2.13. The SMILES string of the molecule is CC(Oc1cccc(C=NN2C(=O)C3C4C=CC(C4)C3C2=O)c1)C(=O)O. The van der Waals surface area contributed by atoms with Crippen molar-refractivity contribution >= 4 is 24.0 Å². The first-order chi connectivity index (χ1) is 12.5. The minimum Gasteiger partial charge on any atom is -0.479 e. The van der Waals surface area contributed by atoms with Gasteiger partial charge in [0.1, 0.15) is 5.75 Å². The number of carbonyl (C=O) groups is 3. The van der Waals surface area contributed by atoms with Gasteiger partial charge in [-0.1, -0.05) is 24.3 Å². The molecule has 1 aromatic carbocycles. The summed E-state index contributed by atoms with van der Waals surface area (Å²) in [5.74, 6) is -1.41. The molecule has 5 unspecified atom stereocenters. The summed E-state index contributed by atoms with van der Waals surface area (Å²) in [6.07, 6.45) is 5.39. The zero-order valence-corrected chi connectivity index (χ0v) is 14.1. The van der Waals surface area contributed by atoms with E-state index < -0.39 is 12.1 Å². The average Bonchev–Trinajstić information content (AvgIpc) is 3.28. The number of amides is 2. The summed E-state index contributed by atoms with van der Waals surface area (Å²) in [7, 11) is 0. The molecule has 2 fully saturated rings. The fraction of sp³-hybridized carbons (Fsp3) is 0.368. The predicted molar refractivity (Wildman–Crippen MR) is 91.3 cm³/mol. The number of allylic oxidation sites excluding steroid dienone is 2. The van der Waals surface area contributed by atoms with Crippen LogP contribution in [0.2, 0.25) is 0 Å². The van der Waals surface area contributed by atoms with Crippen LogP contribution >= 0.6 is 0 Å². The van der Waals surface area contributed by atoms with Crippen LogP contribution in [0.1, 0.15) is 18.9 Å². The van der Waals surface area contributed by atoms with E-state index in [4.69, 9.17) is 9.84 Å². The van der Waals surface area contributed by atoms with Gasteiger partial charge in [-0.2, -0.15) is 10.1 Å². The maximum atomic E-state index is 12.6. The second-order valence-corrected chi connectivity index (χ2v) is 6.90. The lowest BCUT2D eigenvalue weighted by Crippen LogP contribution is -2.28. The third-order valence-corrected chi connectivity index (χ3v) is 5.29. The Kier molecular flexibility index (Phi) is 3.86. The first-order valence-corrected chi connectivity index (χ1v) is 8.55. The van der Waals surface area contributed by atoms with Crippen LogP contribution in [0.25, 0.3) is 0 Å². The Balaban J connectivity index is 1.50. The van der Waals surface area contributed by atoms with E-state index in [9.17, 15) is 14.4 Å². The number of ether oxygens (including phenoxy) is 1. The topological polar surface area (TPSA) is 96.3 Å². The minimum absolute atomic E-state index is 0.149. The Morgan fingerprint density at radius 1 is 1.27 bits per heavy atom. The van der Waals surface area contributed by atoms with Gasteiger partial charge in [0.15, 0.2) is 6.10 Å². The van der Waals surface area contributed by atoms with Crippen molar-refractivity contribution in [3.05, 3.63) is 42.0 Å². The fourth-order valence-electron chi connectivity index (χ4n) is 4.05. The summed E-state index contributed by atoms with van der Waals surface area (Å²) in [6.45, 7) is 1.44. The van der Waals surface area contributed by atoms with Crippen LogP contribution in [0, 0.1) is 23.7 Å². The third kappa shape index (κ3) is 2.60. The molecule has 1 aromatic rings. The van der Waals surface area contributed by atoms with E-state index in [0.717, 1.165) is 11.4 Å². The van der Waals surface area contributed by atoms with E-state index in [1.54, 1.807) is 24.3 Å². The number of hydrazone groups is 1. The zero-order valence-electron chi connectivity index (χ0n) is 14.1. The molecule has 0 radical (unpaired) electrons. The highest BCUT2D eigenvalue weighted by molar-refractivity contribution is 6.06. The number of carboxylic acids is 1. The van der Waals surface area contributed by atoms with Gasteiger partial charge in [0.25, 0.3) is 11.8 Å². The number of hydrogen-bond donors (Lipinski definition) is 1. The fourth-order valence-corrected chi connectivity index (χ4v) is 4.05. The summed E-state index contributed by atoms with van der Waals surface area (Å²) < 4.78 is 5.31. The summed E-state index contributed by atoms with van der Waals surface area (Å²) >= 11 is 0. The van der Waals surface area contributed by atoms with Crippen LogP contribution < -0.4 is 4.74 Å². The largest absolute Gasteiger partial charge is 0.479 e. The standard InChI is InChI=1S/C19H18N2O5/c1-10(19(24)25)26-14-4-2-3-11(7-14)9-20-21-17(22)15-12-5-6-13(8-12)16(15)18(21)23/h2-7,9-10,12-13,15-16H,8H2,1H3,(H,24,25). The van der Waals surface area contributed by atoms with Crippen molar-refractivity contribution in [1.82, 2.24) is 5.01 Å². The van der Waals surface area contributed by atoms with E-state index in [0.29, 0.717) is 11.3 Å². The molecule has 4 rings (SSSR count). The van der Waals surface area contributed by atoms with Gasteiger partial charge in [-0.3, -0.25) is 9.59 Å². The Morgan fingerprint density at radius 2 is 1.92 bits per heavy atom. The van der Waals surface area contributed by atoms with Crippen LogP contribution in [-0.2, 0) is 14.4 Å². The number of hydrogen-bond acceptors (Lipinski definition) is 5. The van der Waals surface area contributed by atoms with Gasteiger partial charge in [-0.05, 0) is 42.9 Å². The van der Waals surface area contributed by atoms with Crippen molar-refractivity contribution in [2.24, 2.45) is 28.8 Å². The number of rotatable bonds is 5. The number of imide groups is 1. The number of fused-ring (bicyclic) bond motifs is 5. The van der Waals surface area contributed by atoms with Gasteiger partial charge in [0.2, 0.25) is 0 Å². The first kappa shape index (κ1) is 16.5. The molecule has 0 spiro atoms. The number of benzene rings is 1. The van der Waals surface area contributed by atoms with Gasteiger partial charge < -0.3 is 9.84 Å². The van der Waals surface area contributed by atoms with Crippen molar-refractivity contribution < 1.29 is 24.2 Å².